The molecule has 0 unspecified atom stereocenters. The minimum absolute atomic E-state index is 0. The van der Waals surface area contributed by atoms with Gasteiger partial charge in [0.1, 0.15) is 0 Å². The van der Waals surface area contributed by atoms with Gasteiger partial charge < -0.3 is 21.7 Å². The molecule has 0 atom stereocenters. The molecule has 0 saturated carbocycles. The van der Waals surface area contributed by atoms with Crippen molar-refractivity contribution in [1.29, 1.82) is 0 Å². The van der Waals surface area contributed by atoms with Crippen LogP contribution in [0.1, 0.15) is 12.5 Å². The Morgan fingerprint density at radius 3 is 2.81 bits per heavy atom. The maximum Gasteiger partial charge on any atom is 0.330 e. The molecule has 0 aliphatic heterocycles. The van der Waals surface area contributed by atoms with E-state index in [4.69, 9.17) is 0 Å². The summed E-state index contributed by atoms with van der Waals surface area (Å²) in [6.07, 6.45) is 5.52. The Kier molecular flexibility index (Phi) is 6.65. The van der Waals surface area contributed by atoms with Crippen LogP contribution in [0.4, 0.5) is 0 Å². The van der Waals surface area contributed by atoms with Crippen LogP contribution in [0.5, 0.6) is 0 Å². The van der Waals surface area contributed by atoms with Crippen molar-refractivity contribution >= 4 is 5.97 Å². The van der Waals surface area contributed by atoms with Crippen LogP contribution in [0, 0.1) is 6.92 Å². The number of esters is 1. The monoisotopic (exact) mass is 285 g/mol. The molecule has 0 aliphatic rings. The first-order valence-electron chi connectivity index (χ1n) is 4.82. The molecular weight excluding hydrogens is 270 g/mol. The highest BCUT2D eigenvalue weighted by atomic mass is 79.9. The van der Waals surface area contributed by atoms with E-state index in [1.54, 1.807) is 0 Å². The highest BCUT2D eigenvalue weighted by Crippen LogP contribution is 1.95. The van der Waals surface area contributed by atoms with E-state index in [0.717, 1.165) is 5.57 Å². The molecule has 4 heteroatoms. The van der Waals surface area contributed by atoms with Crippen molar-refractivity contribution in [2.45, 2.75) is 20.4 Å². The van der Waals surface area contributed by atoms with Crippen molar-refractivity contribution in [3.8, 4) is 0 Å². The van der Waals surface area contributed by atoms with Gasteiger partial charge in [0.05, 0.1) is 7.11 Å². The normalized spacial score (nSPS) is 10.6. The van der Waals surface area contributed by atoms with Gasteiger partial charge >= 0.3 is 5.97 Å². The number of carbonyl (C=O) groups excluding carboxylic acids is 1. The maximum atomic E-state index is 11.0. The molecule has 0 fully saturated rings. The van der Waals surface area contributed by atoms with Crippen LogP contribution >= 0.6 is 0 Å². The fraction of sp³-hybridized carbons (Fsp3) is 0.333. The van der Waals surface area contributed by atoms with E-state index in [9.17, 15) is 4.79 Å². The average Bonchev–Trinajstić information content (AvgIpc) is 2.17. The van der Waals surface area contributed by atoms with Gasteiger partial charge in [-0.2, -0.15) is 0 Å². The van der Waals surface area contributed by atoms with E-state index in [0.29, 0.717) is 6.54 Å². The lowest BCUT2D eigenvalue weighted by molar-refractivity contribution is -0.689. The van der Waals surface area contributed by atoms with E-state index in [1.807, 2.05) is 42.9 Å². The quantitative estimate of drug-likeness (QED) is 0.381. The molecule has 1 heterocycles. The zero-order valence-corrected chi connectivity index (χ0v) is 11.3. The Hall–Kier alpha value is -1.16. The molecule has 1 rings (SSSR count). The molecule has 0 radical (unpaired) electrons. The number of nitrogens with zero attached hydrogens (tertiary/aromatic N) is 1. The van der Waals surface area contributed by atoms with Crippen LogP contribution in [0.25, 0.3) is 0 Å². The second-order valence-corrected chi connectivity index (χ2v) is 3.57. The van der Waals surface area contributed by atoms with Gasteiger partial charge in [0.25, 0.3) is 0 Å². The van der Waals surface area contributed by atoms with Gasteiger partial charge in [-0.3, -0.25) is 0 Å². The van der Waals surface area contributed by atoms with E-state index in [1.165, 1.54) is 18.7 Å². The smallest absolute Gasteiger partial charge is 0.330 e. The molecule has 0 N–H and O–H groups in total. The van der Waals surface area contributed by atoms with Crippen LogP contribution in [0.3, 0.4) is 0 Å². The van der Waals surface area contributed by atoms with Crippen molar-refractivity contribution in [3.63, 3.8) is 0 Å². The Morgan fingerprint density at radius 2 is 2.25 bits per heavy atom. The third kappa shape index (κ3) is 5.07. The largest absolute Gasteiger partial charge is 1.00 e. The topological polar surface area (TPSA) is 30.2 Å². The van der Waals surface area contributed by atoms with Gasteiger partial charge in [-0.1, -0.05) is 0 Å². The summed E-state index contributed by atoms with van der Waals surface area (Å²) in [6, 6.07) is 4.02. The fourth-order valence-electron chi connectivity index (χ4n) is 1.35. The number of ether oxygens (including phenoxy) is 1. The molecule has 0 aromatic carbocycles. The van der Waals surface area contributed by atoms with E-state index >= 15 is 0 Å². The zero-order chi connectivity index (χ0) is 11.3. The van der Waals surface area contributed by atoms with Gasteiger partial charge in [0.2, 0.25) is 0 Å². The molecule has 16 heavy (non-hydrogen) atoms. The minimum Gasteiger partial charge on any atom is -1.00 e. The number of aromatic nitrogens is 1. The second kappa shape index (κ2) is 7.17. The average molecular weight is 286 g/mol. The molecule has 0 aliphatic carbocycles. The van der Waals surface area contributed by atoms with Gasteiger partial charge in [-0.05, 0) is 25.5 Å². The van der Waals surface area contributed by atoms with Crippen LogP contribution in [0.2, 0.25) is 0 Å². The standard InChI is InChI=1S/C12H16NO2.BrH/c1-10-5-4-6-13(8-10)9-11(2)7-12(14)15-3;/h4-8H,9H2,1-3H3;1H/q+1;/p-1/b11-7+;. The van der Waals surface area contributed by atoms with Crippen LogP contribution < -0.4 is 21.5 Å². The van der Waals surface area contributed by atoms with Gasteiger partial charge in [-0.25, -0.2) is 9.36 Å². The number of methoxy groups -OCH3 is 1. The molecule has 0 amide bonds. The van der Waals surface area contributed by atoms with Crippen LogP contribution in [-0.2, 0) is 16.1 Å². The Labute approximate surface area is 107 Å². The number of pyridine rings is 1. The lowest BCUT2D eigenvalue weighted by Gasteiger charge is -1.98. The van der Waals surface area contributed by atoms with Crippen molar-refractivity contribution in [2.75, 3.05) is 7.11 Å². The first-order valence-corrected chi connectivity index (χ1v) is 4.82. The minimum atomic E-state index is -0.305. The molecule has 3 nitrogen and oxygen atoms in total. The van der Waals surface area contributed by atoms with Crippen molar-refractivity contribution in [2.24, 2.45) is 0 Å². The van der Waals surface area contributed by atoms with Crippen molar-refractivity contribution < 1.29 is 31.1 Å². The van der Waals surface area contributed by atoms with Gasteiger partial charge in [0.15, 0.2) is 18.9 Å². The predicted octanol–water partition coefficient (Wildman–Crippen LogP) is -1.59. The van der Waals surface area contributed by atoms with Crippen molar-refractivity contribution in [1.82, 2.24) is 0 Å². The summed E-state index contributed by atoms with van der Waals surface area (Å²) in [5, 5.41) is 0. The Balaban J connectivity index is 0.00000225. The Bertz CT molecular complexity index is 388. The first kappa shape index (κ1) is 14.8. The number of halogens is 1. The van der Waals surface area contributed by atoms with Crippen molar-refractivity contribution in [3.05, 3.63) is 41.7 Å². The second-order valence-electron chi connectivity index (χ2n) is 3.57. The van der Waals surface area contributed by atoms with Gasteiger partial charge in [-0.15, -0.1) is 0 Å². The van der Waals surface area contributed by atoms with E-state index in [2.05, 4.69) is 4.74 Å². The van der Waals surface area contributed by atoms with Gasteiger partial charge in [0, 0.05) is 17.7 Å². The number of hydrogen-bond donors (Lipinski definition) is 0. The lowest BCUT2D eigenvalue weighted by Crippen LogP contribution is -3.00. The summed E-state index contributed by atoms with van der Waals surface area (Å²) in [7, 11) is 1.38. The molecule has 0 spiro atoms. The number of rotatable bonds is 3. The molecule has 1 aromatic rings. The lowest BCUT2D eigenvalue weighted by atomic mass is 10.2. The molecular formula is C12H16BrNO2. The molecule has 88 valence electrons. The summed E-state index contributed by atoms with van der Waals surface area (Å²) >= 11 is 0. The maximum absolute atomic E-state index is 11.0. The summed E-state index contributed by atoms with van der Waals surface area (Å²) < 4.78 is 6.59. The first-order chi connectivity index (χ1) is 7.11. The summed E-state index contributed by atoms with van der Waals surface area (Å²) in [4.78, 5) is 11.0. The highest BCUT2D eigenvalue weighted by molar-refractivity contribution is 5.82. The molecule has 1 aromatic heterocycles. The third-order valence-corrected chi connectivity index (χ3v) is 2.00. The molecule has 0 bridgehead atoms. The summed E-state index contributed by atoms with van der Waals surface area (Å²) in [6.45, 7) is 4.65. The predicted molar refractivity (Wildman–Crippen MR) is 57.1 cm³/mol. The summed E-state index contributed by atoms with van der Waals surface area (Å²) in [5.74, 6) is -0.305. The van der Waals surface area contributed by atoms with E-state index in [-0.39, 0.29) is 23.0 Å². The Morgan fingerprint density at radius 1 is 1.56 bits per heavy atom. The number of carbonyl (C=O) groups is 1. The zero-order valence-electron chi connectivity index (χ0n) is 9.74. The van der Waals surface area contributed by atoms with Crippen LogP contribution in [-0.4, -0.2) is 13.1 Å². The van der Waals surface area contributed by atoms with E-state index < -0.39 is 0 Å². The number of aryl methyl sites for hydroxylation is 1. The van der Waals surface area contributed by atoms with Crippen LogP contribution in [0.15, 0.2) is 36.2 Å². The SMILES string of the molecule is COC(=O)/C=C(\C)C[n+]1cccc(C)c1.[Br-]. The number of allylic oxidation sites excluding steroid dienone is 1. The third-order valence-electron chi connectivity index (χ3n) is 2.00. The highest BCUT2D eigenvalue weighted by Gasteiger charge is 2.03. The fourth-order valence-corrected chi connectivity index (χ4v) is 1.35. The number of hydrogen-bond acceptors (Lipinski definition) is 2. The molecule has 0 saturated heterocycles. The summed E-state index contributed by atoms with van der Waals surface area (Å²) in [5.41, 5.74) is 2.17.